The minimum Gasteiger partial charge on any atom is -0.480 e. The van der Waals surface area contributed by atoms with Crippen molar-refractivity contribution in [2.75, 3.05) is 13.1 Å². The molecule has 19 heteroatoms. The summed E-state index contributed by atoms with van der Waals surface area (Å²) >= 11 is 0. The van der Waals surface area contributed by atoms with Crippen molar-refractivity contribution in [2.24, 2.45) is 22.6 Å². The number of imide groups is 2. The summed E-state index contributed by atoms with van der Waals surface area (Å²) in [6, 6.07) is 57.8. The molecule has 0 radical (unpaired) electrons. The number of rotatable bonds is 21. The molecule has 2 aliphatic heterocycles. The van der Waals surface area contributed by atoms with Crippen molar-refractivity contribution in [1.29, 1.82) is 0 Å². The van der Waals surface area contributed by atoms with Crippen LogP contribution in [0.4, 0.5) is 9.59 Å². The number of likely N-dealkylation sites (tertiary alicyclic amines) is 2. The minimum atomic E-state index is -1.18. The third kappa shape index (κ3) is 16.5. The monoisotopic (exact) mass is 1150 g/mol. The number of esters is 1. The molecule has 434 valence electrons. The van der Waals surface area contributed by atoms with Crippen molar-refractivity contribution in [2.45, 2.75) is 57.6 Å². The number of nitrogens with one attached hydrogen (secondary N) is 3. The van der Waals surface area contributed by atoms with Crippen LogP contribution in [-0.4, -0.2) is 93.8 Å². The highest BCUT2D eigenvalue weighted by atomic mass is 16.6. The first kappa shape index (κ1) is 60.4. The number of hydrogen-bond acceptors (Lipinski definition) is 14. The molecular weight excluding hydrogens is 1080 g/mol. The lowest BCUT2D eigenvalue weighted by Gasteiger charge is -2.43. The van der Waals surface area contributed by atoms with Crippen molar-refractivity contribution < 1.29 is 57.7 Å². The van der Waals surface area contributed by atoms with Crippen LogP contribution in [0.2, 0.25) is 0 Å². The van der Waals surface area contributed by atoms with Crippen LogP contribution in [0.3, 0.4) is 0 Å². The van der Waals surface area contributed by atoms with Crippen molar-refractivity contribution in [3.05, 3.63) is 240 Å². The summed E-state index contributed by atoms with van der Waals surface area (Å²) in [6.45, 7) is 3.96. The highest BCUT2D eigenvalue weighted by Crippen LogP contribution is 2.35. The van der Waals surface area contributed by atoms with E-state index in [1.54, 1.807) is 84.9 Å². The van der Waals surface area contributed by atoms with E-state index >= 15 is 0 Å². The Kier molecular flexibility index (Phi) is 21.2. The summed E-state index contributed by atoms with van der Waals surface area (Å²) in [5.74, 6) is -5.55. The molecule has 0 aromatic heterocycles. The van der Waals surface area contributed by atoms with Gasteiger partial charge in [0.2, 0.25) is 17.8 Å². The van der Waals surface area contributed by atoms with Crippen LogP contribution in [0.1, 0.15) is 63.1 Å². The molecule has 2 aliphatic rings. The molecule has 6 amide bonds. The van der Waals surface area contributed by atoms with Crippen molar-refractivity contribution >= 4 is 53.7 Å². The first-order valence-corrected chi connectivity index (χ1v) is 27.4. The Morgan fingerprint density at radius 1 is 0.494 bits per heavy atom. The van der Waals surface area contributed by atoms with E-state index in [9.17, 15) is 43.5 Å². The van der Waals surface area contributed by atoms with Gasteiger partial charge in [0.1, 0.15) is 31.9 Å². The zero-order valence-electron chi connectivity index (χ0n) is 46.3. The van der Waals surface area contributed by atoms with E-state index in [2.05, 4.69) is 27.5 Å². The number of carbonyl (C=O) groups excluding carboxylic acids is 7. The number of nitrogens with two attached hydrogens (primary N) is 1. The average Bonchev–Trinajstić information content (AvgIpc) is 1.27. The van der Waals surface area contributed by atoms with E-state index in [1.165, 1.54) is 0 Å². The summed E-state index contributed by atoms with van der Waals surface area (Å²) in [4.78, 5) is 109. The molecule has 7 aromatic carbocycles. The molecule has 6 N–H and O–H groups in total. The largest absolute Gasteiger partial charge is 0.480 e. The molecular formula is C66H63N7O12. The molecule has 7 aromatic rings. The molecule has 2 fully saturated rings. The van der Waals surface area contributed by atoms with E-state index in [-0.39, 0.29) is 56.3 Å². The second kappa shape index (κ2) is 29.9. The van der Waals surface area contributed by atoms with Crippen molar-refractivity contribution in [3.8, 4) is 22.3 Å². The van der Waals surface area contributed by atoms with Gasteiger partial charge in [-0.05, 0) is 88.9 Å². The Morgan fingerprint density at radius 3 is 1.27 bits per heavy atom. The van der Waals surface area contributed by atoms with E-state index in [0.717, 1.165) is 48.7 Å². The molecule has 0 aliphatic carbocycles. The molecule has 4 atom stereocenters. The second-order valence-electron chi connectivity index (χ2n) is 19.8. The van der Waals surface area contributed by atoms with E-state index < -0.39 is 71.7 Å². The average molecular weight is 1150 g/mol. The third-order valence-electron chi connectivity index (χ3n) is 13.9. The number of alkyl carbamates (subject to hydrolysis) is 2. The Hall–Kier alpha value is -10.7. The Bertz CT molecular complexity index is 3420. The summed E-state index contributed by atoms with van der Waals surface area (Å²) in [6.07, 6.45) is -0.419. The second-order valence-corrected chi connectivity index (χ2v) is 19.8. The normalized spacial score (nSPS) is 15.7. The molecule has 2 saturated heterocycles. The minimum absolute atomic E-state index is 0.0175. The van der Waals surface area contributed by atoms with Gasteiger partial charge < -0.3 is 30.4 Å². The smallest absolute Gasteiger partial charge is 0.414 e. The number of aliphatic imine (C=N–C) groups is 1. The number of amides is 6. The number of aliphatic carboxylic acids is 1. The Labute approximate surface area is 491 Å². The van der Waals surface area contributed by atoms with Crippen LogP contribution >= 0.6 is 0 Å². The number of β-lactam (4-membered cyclic amide) rings is 2. The maximum Gasteiger partial charge on any atom is 0.414 e. The van der Waals surface area contributed by atoms with Gasteiger partial charge in [0.25, 0.3) is 11.8 Å². The van der Waals surface area contributed by atoms with Crippen LogP contribution in [0.15, 0.2) is 218 Å². The van der Waals surface area contributed by atoms with E-state index in [0.29, 0.717) is 25.2 Å². The third-order valence-corrected chi connectivity index (χ3v) is 13.9. The first-order chi connectivity index (χ1) is 41.2. The van der Waals surface area contributed by atoms with Gasteiger partial charge in [0, 0.05) is 24.2 Å². The van der Waals surface area contributed by atoms with Gasteiger partial charge in [0.15, 0.2) is 0 Å². The molecule has 2 heterocycles. The lowest BCUT2D eigenvalue weighted by molar-refractivity contribution is -0.171. The Morgan fingerprint density at radius 2 is 0.859 bits per heavy atom. The standard InChI is InChI=1S/C44H40N4O8.C22H23N3O4/c49-39(36-25-23-35(24-26-36)34-20-11-4-12-21-34)48-38(41(51)54-28-31-14-5-1-6-15-31)37(40(48)50)22-13-27-45-42(46-43(52)55-29-32-16-7-2-8-17-32)47-44(53)56-30-33-18-9-3-10-19-33;1-14(23)24-13-5-8-18-19(22(28)29)25(21(18)27)20(26)17-11-9-16(10-12-17)15-6-3-2-4-7-15/h1-12,14-21,23-26,37-38H,13,22,27-30H2,(H2,45,46,47,52,53);2-4,6-7,9-12,18-19,24H,1,5,8,13,23H2,(H,28,29)/t37-,38?;18-,19?/m11/s1. The molecule has 9 rings (SSSR count). The van der Waals surface area contributed by atoms with Gasteiger partial charge in [-0.2, -0.15) is 0 Å². The number of hydrogen-bond donors (Lipinski definition) is 5. The predicted octanol–water partition coefficient (Wildman–Crippen LogP) is 9.26. The van der Waals surface area contributed by atoms with E-state index in [1.807, 2.05) is 115 Å². The predicted molar refractivity (Wildman–Crippen MR) is 316 cm³/mol. The fourth-order valence-corrected chi connectivity index (χ4v) is 9.52. The number of carbonyl (C=O) groups is 8. The van der Waals surface area contributed by atoms with Gasteiger partial charge in [-0.25, -0.2) is 19.2 Å². The quantitative estimate of drug-likeness (QED) is 0.00854. The summed E-state index contributed by atoms with van der Waals surface area (Å²) in [5.41, 5.74) is 12.0. The number of carboxylic acids is 1. The topological polar surface area (TPSA) is 265 Å². The molecule has 85 heavy (non-hydrogen) atoms. The number of nitrogens with zero attached hydrogens (tertiary/aromatic N) is 3. The number of benzene rings is 7. The van der Waals surface area contributed by atoms with Crippen LogP contribution < -0.4 is 21.7 Å². The van der Waals surface area contributed by atoms with Gasteiger partial charge in [-0.15, -0.1) is 0 Å². The van der Waals surface area contributed by atoms with Crippen LogP contribution in [0, 0.1) is 11.8 Å². The van der Waals surface area contributed by atoms with Crippen LogP contribution in [0.5, 0.6) is 0 Å². The van der Waals surface area contributed by atoms with Crippen LogP contribution in [-0.2, 0) is 53.2 Å². The zero-order chi connectivity index (χ0) is 60.1. The van der Waals surface area contributed by atoms with Gasteiger partial charge in [-0.1, -0.05) is 183 Å². The highest BCUT2D eigenvalue weighted by Gasteiger charge is 2.56. The molecule has 0 spiro atoms. The summed E-state index contributed by atoms with van der Waals surface area (Å²) in [7, 11) is 0. The molecule has 0 saturated carbocycles. The van der Waals surface area contributed by atoms with E-state index in [4.69, 9.17) is 19.9 Å². The SMILES string of the molecule is C=C(N)NCCC[C@H]1C(=O)N(C(=O)c2ccc(-c3ccccc3)cc2)C1C(=O)O.O=C(NC(=NCCC[C@H]1C(=O)N(C(=O)c2ccc(-c3ccccc3)cc2)C1C(=O)OCc1ccccc1)NC(=O)OCc1ccccc1)OCc1ccccc1. The van der Waals surface area contributed by atoms with Crippen LogP contribution in [0.25, 0.3) is 22.3 Å². The van der Waals surface area contributed by atoms with Crippen molar-refractivity contribution in [3.63, 3.8) is 0 Å². The molecule has 0 bridgehead atoms. The highest BCUT2D eigenvalue weighted by molar-refractivity contribution is 6.14. The molecule has 2 unspecified atom stereocenters. The lowest BCUT2D eigenvalue weighted by Crippen LogP contribution is -2.66. The van der Waals surface area contributed by atoms with Gasteiger partial charge in [-0.3, -0.25) is 44.6 Å². The number of ether oxygens (including phenoxy) is 3. The fraction of sp³-hybridized carbons (Fsp3) is 0.197. The maximum atomic E-state index is 13.7. The number of carboxylic acid groups (broad SMARTS) is 1. The maximum absolute atomic E-state index is 13.7. The zero-order valence-corrected chi connectivity index (χ0v) is 46.3. The Balaban J connectivity index is 0.000000272. The fourth-order valence-electron chi connectivity index (χ4n) is 9.52. The van der Waals surface area contributed by atoms with Gasteiger partial charge >= 0.3 is 24.1 Å². The summed E-state index contributed by atoms with van der Waals surface area (Å²) in [5, 5.41) is 17.2. The van der Waals surface area contributed by atoms with Gasteiger partial charge in [0.05, 0.1) is 17.7 Å². The summed E-state index contributed by atoms with van der Waals surface area (Å²) < 4.78 is 16.2. The van der Waals surface area contributed by atoms with Crippen molar-refractivity contribution in [1.82, 2.24) is 25.8 Å². The first-order valence-electron chi connectivity index (χ1n) is 27.4. The lowest BCUT2D eigenvalue weighted by atomic mass is 9.83. The molecule has 19 nitrogen and oxygen atoms in total. The number of guanidine groups is 1.